The molecule has 0 saturated carbocycles. The Kier molecular flexibility index (Phi) is 2.57. The molecule has 0 aromatic heterocycles. The summed E-state index contributed by atoms with van der Waals surface area (Å²) in [6.07, 6.45) is 2.29. The number of aryl methyl sites for hydroxylation is 1. The van der Waals surface area contributed by atoms with E-state index in [9.17, 15) is 5.11 Å². The van der Waals surface area contributed by atoms with Crippen LogP contribution < -0.4 is 5.32 Å². The first-order chi connectivity index (χ1) is 6.74. The fourth-order valence-electron chi connectivity index (χ4n) is 1.84. The van der Waals surface area contributed by atoms with Crippen molar-refractivity contribution in [3.63, 3.8) is 0 Å². The van der Waals surface area contributed by atoms with Crippen molar-refractivity contribution in [2.45, 2.75) is 25.4 Å². The van der Waals surface area contributed by atoms with Gasteiger partial charge in [0, 0.05) is 13.1 Å². The standard InChI is InChI=1S/C12H17NO/c1-2-3-10-4-6-11(7-5-10)12(14)8-13-9-12/h4-7,13-14H,2-3,8-9H2,1H3. The third-order valence-electron chi connectivity index (χ3n) is 2.86. The van der Waals surface area contributed by atoms with Gasteiger partial charge in [-0.05, 0) is 17.5 Å². The Hall–Kier alpha value is -0.860. The van der Waals surface area contributed by atoms with Gasteiger partial charge in [-0.1, -0.05) is 37.6 Å². The summed E-state index contributed by atoms with van der Waals surface area (Å²) in [6, 6.07) is 8.34. The van der Waals surface area contributed by atoms with E-state index in [0.29, 0.717) is 13.1 Å². The summed E-state index contributed by atoms with van der Waals surface area (Å²) in [4.78, 5) is 0. The first kappa shape index (κ1) is 9.69. The Balaban J connectivity index is 2.13. The van der Waals surface area contributed by atoms with Crippen LogP contribution in [0, 0.1) is 0 Å². The van der Waals surface area contributed by atoms with Crippen LogP contribution in [0.3, 0.4) is 0 Å². The van der Waals surface area contributed by atoms with E-state index in [1.807, 2.05) is 12.1 Å². The molecule has 1 aliphatic heterocycles. The summed E-state index contributed by atoms with van der Waals surface area (Å²) in [7, 11) is 0. The number of β-amino-alcohol motifs (C(OH)–C–C–N with tert-alkyl or cyclic N) is 1. The minimum Gasteiger partial charge on any atom is -0.382 e. The maximum atomic E-state index is 10.0. The molecule has 1 aromatic carbocycles. The van der Waals surface area contributed by atoms with E-state index in [-0.39, 0.29) is 0 Å². The second-order valence-corrected chi connectivity index (χ2v) is 4.08. The zero-order valence-corrected chi connectivity index (χ0v) is 8.59. The number of aliphatic hydroxyl groups is 1. The van der Waals surface area contributed by atoms with Crippen molar-refractivity contribution < 1.29 is 5.11 Å². The van der Waals surface area contributed by atoms with Gasteiger partial charge in [-0.3, -0.25) is 0 Å². The molecule has 2 heteroatoms. The number of nitrogens with one attached hydrogen (secondary N) is 1. The van der Waals surface area contributed by atoms with E-state index < -0.39 is 5.60 Å². The Morgan fingerprint density at radius 2 is 1.93 bits per heavy atom. The van der Waals surface area contributed by atoms with Gasteiger partial charge in [-0.25, -0.2) is 0 Å². The molecule has 0 spiro atoms. The molecule has 2 nitrogen and oxygen atoms in total. The third kappa shape index (κ3) is 1.68. The highest BCUT2D eigenvalue weighted by atomic mass is 16.3. The lowest BCUT2D eigenvalue weighted by Gasteiger charge is -2.38. The van der Waals surface area contributed by atoms with E-state index in [4.69, 9.17) is 0 Å². The van der Waals surface area contributed by atoms with E-state index in [1.165, 1.54) is 12.0 Å². The summed E-state index contributed by atoms with van der Waals surface area (Å²) >= 11 is 0. The van der Waals surface area contributed by atoms with Gasteiger partial charge < -0.3 is 10.4 Å². The average molecular weight is 191 g/mol. The molecule has 76 valence electrons. The van der Waals surface area contributed by atoms with Crippen molar-refractivity contribution in [1.29, 1.82) is 0 Å². The van der Waals surface area contributed by atoms with Crippen LogP contribution in [0.4, 0.5) is 0 Å². The molecule has 14 heavy (non-hydrogen) atoms. The predicted molar refractivity (Wildman–Crippen MR) is 57.2 cm³/mol. The van der Waals surface area contributed by atoms with Crippen molar-refractivity contribution in [3.8, 4) is 0 Å². The fourth-order valence-corrected chi connectivity index (χ4v) is 1.84. The molecule has 2 N–H and O–H groups in total. The lowest BCUT2D eigenvalue weighted by molar-refractivity contribution is -0.0146. The van der Waals surface area contributed by atoms with Crippen LogP contribution in [0.5, 0.6) is 0 Å². The summed E-state index contributed by atoms with van der Waals surface area (Å²) in [5, 5.41) is 13.1. The lowest BCUT2D eigenvalue weighted by atomic mass is 9.87. The quantitative estimate of drug-likeness (QED) is 0.757. The SMILES string of the molecule is CCCc1ccc(C2(O)CNC2)cc1. The molecular formula is C12H17NO. The minimum absolute atomic E-state index is 0.606. The number of rotatable bonds is 3. The highest BCUT2D eigenvalue weighted by molar-refractivity contribution is 5.29. The second kappa shape index (κ2) is 3.71. The van der Waals surface area contributed by atoms with Crippen LogP contribution in [0.2, 0.25) is 0 Å². The van der Waals surface area contributed by atoms with Crippen LogP contribution in [-0.2, 0) is 12.0 Å². The van der Waals surface area contributed by atoms with Gasteiger partial charge in [0.2, 0.25) is 0 Å². The molecule has 1 fully saturated rings. The monoisotopic (exact) mass is 191 g/mol. The maximum absolute atomic E-state index is 10.0. The van der Waals surface area contributed by atoms with Crippen LogP contribution in [-0.4, -0.2) is 18.2 Å². The Labute approximate surface area is 85.0 Å². The lowest BCUT2D eigenvalue weighted by Crippen LogP contribution is -2.56. The first-order valence-electron chi connectivity index (χ1n) is 5.27. The smallest absolute Gasteiger partial charge is 0.114 e. The van der Waals surface area contributed by atoms with Gasteiger partial charge in [0.15, 0.2) is 0 Å². The van der Waals surface area contributed by atoms with Gasteiger partial charge in [0.05, 0.1) is 0 Å². The van der Waals surface area contributed by atoms with Crippen molar-refractivity contribution >= 4 is 0 Å². The van der Waals surface area contributed by atoms with Crippen molar-refractivity contribution in [2.75, 3.05) is 13.1 Å². The number of hydrogen-bond donors (Lipinski definition) is 2. The maximum Gasteiger partial charge on any atom is 0.114 e. The van der Waals surface area contributed by atoms with Crippen LogP contribution in [0.25, 0.3) is 0 Å². The van der Waals surface area contributed by atoms with Gasteiger partial charge in [-0.15, -0.1) is 0 Å². The minimum atomic E-state index is -0.606. The summed E-state index contributed by atoms with van der Waals surface area (Å²) in [5.74, 6) is 0. The Bertz CT molecular complexity index is 301. The molecule has 0 amide bonds. The van der Waals surface area contributed by atoms with E-state index in [1.54, 1.807) is 0 Å². The van der Waals surface area contributed by atoms with E-state index in [0.717, 1.165) is 12.0 Å². The molecular weight excluding hydrogens is 174 g/mol. The predicted octanol–water partition coefficient (Wildman–Crippen LogP) is 1.43. The molecule has 2 rings (SSSR count). The number of hydrogen-bond acceptors (Lipinski definition) is 2. The molecule has 0 bridgehead atoms. The van der Waals surface area contributed by atoms with Gasteiger partial charge >= 0.3 is 0 Å². The second-order valence-electron chi connectivity index (χ2n) is 4.08. The fraction of sp³-hybridized carbons (Fsp3) is 0.500. The zero-order chi connectivity index (χ0) is 10.0. The molecule has 1 saturated heterocycles. The Morgan fingerprint density at radius 1 is 1.29 bits per heavy atom. The molecule has 1 aromatic rings. The third-order valence-corrected chi connectivity index (χ3v) is 2.86. The summed E-state index contributed by atoms with van der Waals surface area (Å²) in [6.45, 7) is 3.54. The van der Waals surface area contributed by atoms with Gasteiger partial charge in [0.1, 0.15) is 5.60 Å². The molecule has 0 unspecified atom stereocenters. The largest absolute Gasteiger partial charge is 0.382 e. The van der Waals surface area contributed by atoms with E-state index in [2.05, 4.69) is 24.4 Å². The molecule has 1 heterocycles. The zero-order valence-electron chi connectivity index (χ0n) is 8.59. The molecule has 0 radical (unpaired) electrons. The molecule has 1 aliphatic rings. The average Bonchev–Trinajstić information content (AvgIpc) is 2.16. The van der Waals surface area contributed by atoms with Crippen molar-refractivity contribution in [2.24, 2.45) is 0 Å². The topological polar surface area (TPSA) is 32.3 Å². The van der Waals surface area contributed by atoms with Crippen molar-refractivity contribution in [3.05, 3.63) is 35.4 Å². The van der Waals surface area contributed by atoms with Crippen LogP contribution in [0.1, 0.15) is 24.5 Å². The van der Waals surface area contributed by atoms with Crippen LogP contribution in [0.15, 0.2) is 24.3 Å². The van der Waals surface area contributed by atoms with E-state index >= 15 is 0 Å². The normalized spacial score (nSPS) is 19.0. The highest BCUT2D eigenvalue weighted by Gasteiger charge is 2.35. The van der Waals surface area contributed by atoms with Crippen molar-refractivity contribution in [1.82, 2.24) is 5.32 Å². The highest BCUT2D eigenvalue weighted by Crippen LogP contribution is 2.25. The first-order valence-corrected chi connectivity index (χ1v) is 5.27. The van der Waals surface area contributed by atoms with Gasteiger partial charge in [-0.2, -0.15) is 0 Å². The van der Waals surface area contributed by atoms with Crippen LogP contribution >= 0.6 is 0 Å². The summed E-state index contributed by atoms with van der Waals surface area (Å²) in [5.41, 5.74) is 1.79. The van der Waals surface area contributed by atoms with Gasteiger partial charge in [0.25, 0.3) is 0 Å². The number of benzene rings is 1. The molecule has 0 aliphatic carbocycles. The molecule has 0 atom stereocenters. The Morgan fingerprint density at radius 3 is 2.36 bits per heavy atom. The summed E-state index contributed by atoms with van der Waals surface area (Å²) < 4.78 is 0.